The summed E-state index contributed by atoms with van der Waals surface area (Å²) in [6.45, 7) is 26.9. The van der Waals surface area contributed by atoms with Crippen molar-refractivity contribution in [1.82, 2.24) is 10.6 Å². The van der Waals surface area contributed by atoms with Crippen molar-refractivity contribution in [3.8, 4) is 0 Å². The van der Waals surface area contributed by atoms with E-state index in [0.717, 1.165) is 11.3 Å². The first kappa shape index (κ1) is 28.6. The minimum atomic E-state index is -0.144. The Bertz CT molecular complexity index is 740. The smallest absolute Gasteiger partial charge is 0.00191 e. The van der Waals surface area contributed by atoms with Crippen LogP contribution in [0.1, 0.15) is 105 Å². The molecular weight excluding hydrogens is 450 g/mol. The fraction of sp³-hybridized carbons (Fsp3) is 0.800. The maximum atomic E-state index is 3.76. The molecule has 2 aliphatic heterocycles. The average Bonchev–Trinajstić information content (AvgIpc) is 2.75. The van der Waals surface area contributed by atoms with E-state index < -0.39 is 0 Å². The standard InChI is InChI=1S/C30H54N2P2/c1-28(2,3)25-15-14-23(22-34(29(4,5)6)30(7,8)9)24(18-25)21-33(26-12-10-16-31-19-26)27-13-11-17-32-20-27/h14-15,18,26-27,31-32H,10-13,16-17,19-22H2,1-9H3. The first-order chi connectivity index (χ1) is 15.8. The summed E-state index contributed by atoms with van der Waals surface area (Å²) in [7, 11) is -0.181. The molecule has 34 heavy (non-hydrogen) atoms. The van der Waals surface area contributed by atoms with Gasteiger partial charge in [0, 0.05) is 13.1 Å². The van der Waals surface area contributed by atoms with E-state index >= 15 is 0 Å². The summed E-state index contributed by atoms with van der Waals surface area (Å²) in [5.74, 6) is 0. The molecule has 2 fully saturated rings. The summed E-state index contributed by atoms with van der Waals surface area (Å²) in [6.07, 6.45) is 8.16. The zero-order chi connectivity index (χ0) is 25.1. The Morgan fingerprint density at radius 2 is 1.26 bits per heavy atom. The van der Waals surface area contributed by atoms with Gasteiger partial charge in [-0.25, -0.2) is 0 Å². The minimum absolute atomic E-state index is 0.0367. The van der Waals surface area contributed by atoms with Crippen molar-refractivity contribution in [2.45, 2.75) is 127 Å². The van der Waals surface area contributed by atoms with Crippen LogP contribution in [0.5, 0.6) is 0 Å². The van der Waals surface area contributed by atoms with Crippen molar-refractivity contribution < 1.29 is 0 Å². The van der Waals surface area contributed by atoms with E-state index in [-0.39, 0.29) is 21.3 Å². The molecule has 0 bridgehead atoms. The van der Waals surface area contributed by atoms with E-state index in [1.165, 1.54) is 69.7 Å². The molecule has 0 spiro atoms. The Kier molecular flexibility index (Phi) is 9.74. The van der Waals surface area contributed by atoms with E-state index in [9.17, 15) is 0 Å². The SMILES string of the molecule is CC(C)(C)c1ccc(CP(C(C)(C)C)C(C)(C)C)c(CP(C2CCCNC2)C2CCCNC2)c1. The van der Waals surface area contributed by atoms with Crippen LogP contribution < -0.4 is 10.6 Å². The molecule has 1 aromatic carbocycles. The van der Waals surface area contributed by atoms with E-state index in [4.69, 9.17) is 0 Å². The Morgan fingerprint density at radius 1 is 0.735 bits per heavy atom. The van der Waals surface area contributed by atoms with E-state index in [2.05, 4.69) is 91.1 Å². The van der Waals surface area contributed by atoms with Crippen molar-refractivity contribution >= 4 is 15.8 Å². The monoisotopic (exact) mass is 504 g/mol. The molecule has 194 valence electrons. The second-order valence-electron chi connectivity index (χ2n) is 13.8. The van der Waals surface area contributed by atoms with Gasteiger partial charge < -0.3 is 10.6 Å². The van der Waals surface area contributed by atoms with Gasteiger partial charge in [0.2, 0.25) is 0 Å². The lowest BCUT2D eigenvalue weighted by Crippen LogP contribution is -2.39. The molecule has 2 aliphatic rings. The third kappa shape index (κ3) is 7.75. The zero-order valence-electron chi connectivity index (χ0n) is 23.9. The molecule has 2 nitrogen and oxygen atoms in total. The van der Waals surface area contributed by atoms with Crippen molar-refractivity contribution in [1.29, 1.82) is 0 Å². The number of rotatable bonds is 6. The lowest BCUT2D eigenvalue weighted by atomic mass is 9.85. The maximum Gasteiger partial charge on any atom is 0.00191 e. The molecule has 0 aromatic heterocycles. The first-order valence-electron chi connectivity index (χ1n) is 13.8. The van der Waals surface area contributed by atoms with Gasteiger partial charge in [0.25, 0.3) is 0 Å². The molecule has 2 heterocycles. The summed E-state index contributed by atoms with van der Waals surface area (Å²) in [5.41, 5.74) is 6.83. The summed E-state index contributed by atoms with van der Waals surface area (Å²) >= 11 is 0. The average molecular weight is 505 g/mol. The van der Waals surface area contributed by atoms with E-state index in [1.54, 1.807) is 11.1 Å². The Hall–Kier alpha value is -0.0000000000000000555. The molecule has 2 N–H and O–H groups in total. The largest absolute Gasteiger partial charge is 0.316 e. The van der Waals surface area contributed by atoms with E-state index in [0.29, 0.717) is 10.3 Å². The number of hydrogen-bond donors (Lipinski definition) is 2. The Morgan fingerprint density at radius 3 is 1.68 bits per heavy atom. The van der Waals surface area contributed by atoms with Crippen LogP contribution in [0.3, 0.4) is 0 Å². The molecule has 0 saturated carbocycles. The second kappa shape index (κ2) is 11.6. The highest BCUT2D eigenvalue weighted by molar-refractivity contribution is 7.60. The number of benzene rings is 1. The van der Waals surface area contributed by atoms with Gasteiger partial charge in [-0.2, -0.15) is 0 Å². The minimum Gasteiger partial charge on any atom is -0.316 e. The fourth-order valence-electron chi connectivity index (χ4n) is 6.03. The van der Waals surface area contributed by atoms with Crippen LogP contribution in [0, 0.1) is 0 Å². The van der Waals surface area contributed by atoms with Gasteiger partial charge in [0.05, 0.1) is 0 Å². The van der Waals surface area contributed by atoms with Gasteiger partial charge in [-0.15, -0.1) is 0 Å². The highest BCUT2D eigenvalue weighted by atomic mass is 31.1. The summed E-state index contributed by atoms with van der Waals surface area (Å²) in [5, 5.41) is 8.24. The van der Waals surface area contributed by atoms with Crippen LogP contribution in [-0.4, -0.2) is 47.8 Å². The highest BCUT2D eigenvalue weighted by Gasteiger charge is 2.36. The van der Waals surface area contributed by atoms with E-state index in [1.807, 2.05) is 0 Å². The second-order valence-corrected chi connectivity index (χ2v) is 20.5. The third-order valence-electron chi connectivity index (χ3n) is 7.85. The Balaban J connectivity index is 1.99. The van der Waals surface area contributed by atoms with Crippen LogP contribution in [-0.2, 0) is 17.7 Å². The molecule has 0 amide bonds. The van der Waals surface area contributed by atoms with Crippen molar-refractivity contribution in [3.05, 3.63) is 34.9 Å². The van der Waals surface area contributed by atoms with Gasteiger partial charge in [-0.05, 0) is 94.8 Å². The Labute approximate surface area is 214 Å². The molecule has 1 aromatic rings. The van der Waals surface area contributed by atoms with Crippen molar-refractivity contribution in [2.24, 2.45) is 0 Å². The molecule has 2 unspecified atom stereocenters. The quantitative estimate of drug-likeness (QED) is 0.383. The zero-order valence-corrected chi connectivity index (χ0v) is 25.6. The van der Waals surface area contributed by atoms with Gasteiger partial charge in [-0.1, -0.05) is 96.4 Å². The lowest BCUT2D eigenvalue weighted by molar-refractivity contribution is 0.500. The van der Waals surface area contributed by atoms with Crippen LogP contribution >= 0.6 is 15.8 Å². The molecule has 0 aliphatic carbocycles. The molecule has 3 rings (SSSR count). The van der Waals surface area contributed by atoms with Gasteiger partial charge in [-0.3, -0.25) is 0 Å². The van der Waals surface area contributed by atoms with Crippen LogP contribution in [0.4, 0.5) is 0 Å². The van der Waals surface area contributed by atoms with Gasteiger partial charge in [0.15, 0.2) is 0 Å². The predicted molar refractivity (Wildman–Crippen MR) is 158 cm³/mol. The van der Waals surface area contributed by atoms with Crippen LogP contribution in [0.15, 0.2) is 18.2 Å². The number of piperidine rings is 2. The molecule has 0 radical (unpaired) electrons. The topological polar surface area (TPSA) is 24.1 Å². The van der Waals surface area contributed by atoms with Gasteiger partial charge >= 0.3 is 0 Å². The number of hydrogen-bond acceptors (Lipinski definition) is 2. The first-order valence-corrected chi connectivity index (χ1v) is 17.0. The summed E-state index contributed by atoms with van der Waals surface area (Å²) in [6, 6.07) is 7.62. The molecule has 2 saturated heterocycles. The van der Waals surface area contributed by atoms with Crippen molar-refractivity contribution in [3.63, 3.8) is 0 Å². The predicted octanol–water partition coefficient (Wildman–Crippen LogP) is 8.05. The van der Waals surface area contributed by atoms with Gasteiger partial charge in [0.1, 0.15) is 0 Å². The normalized spacial score (nSPS) is 23.8. The molecular formula is C30H54N2P2. The molecule has 4 heteroatoms. The molecule has 2 atom stereocenters. The van der Waals surface area contributed by atoms with Crippen molar-refractivity contribution in [2.75, 3.05) is 26.2 Å². The maximum absolute atomic E-state index is 3.76. The summed E-state index contributed by atoms with van der Waals surface area (Å²) in [4.78, 5) is 0. The van der Waals surface area contributed by atoms with Crippen LogP contribution in [0.25, 0.3) is 0 Å². The third-order valence-corrected chi connectivity index (χ3v) is 15.2. The van der Waals surface area contributed by atoms with Crippen LogP contribution in [0.2, 0.25) is 0 Å². The summed E-state index contributed by atoms with van der Waals surface area (Å²) < 4.78 is 0. The highest BCUT2D eigenvalue weighted by Crippen LogP contribution is 2.62. The lowest BCUT2D eigenvalue weighted by Gasteiger charge is -2.43. The number of nitrogens with one attached hydrogen (secondary N) is 2. The fourth-order valence-corrected chi connectivity index (χ4v) is 13.2.